The number of aryl methyl sites for hydroxylation is 1. The van der Waals surface area contributed by atoms with Crippen LogP contribution in [-0.2, 0) is 11.2 Å². The molecule has 0 bridgehead atoms. The van der Waals surface area contributed by atoms with Crippen LogP contribution in [0.25, 0.3) is 11.0 Å². The Kier molecular flexibility index (Phi) is 5.10. The predicted molar refractivity (Wildman–Crippen MR) is 98.3 cm³/mol. The summed E-state index contributed by atoms with van der Waals surface area (Å²) in [6.07, 6.45) is 1.19. The van der Waals surface area contributed by atoms with E-state index >= 15 is 4.39 Å². The van der Waals surface area contributed by atoms with Gasteiger partial charge in [0.2, 0.25) is 5.28 Å². The molecule has 3 rings (SSSR count). The highest BCUT2D eigenvalue weighted by Crippen LogP contribution is 2.32. The number of rotatable bonds is 2. The zero-order valence-electron chi connectivity index (χ0n) is 15.5. The molecule has 0 N–H and O–H groups in total. The van der Waals surface area contributed by atoms with Gasteiger partial charge >= 0.3 is 6.09 Å². The number of alkyl halides is 1. The van der Waals surface area contributed by atoms with Crippen molar-refractivity contribution >= 4 is 28.7 Å². The van der Waals surface area contributed by atoms with Crippen molar-refractivity contribution in [2.45, 2.75) is 58.4 Å². The van der Waals surface area contributed by atoms with Gasteiger partial charge in [0.05, 0.1) is 12.6 Å². The number of halogens is 2. The number of carbonyl (C=O) groups excluding carboxylic acids is 1. The maximum absolute atomic E-state index is 15.1. The number of ether oxygens (including phenoxy) is 1. The van der Waals surface area contributed by atoms with Gasteiger partial charge in [0.1, 0.15) is 17.4 Å². The molecule has 142 valence electrons. The second-order valence-electron chi connectivity index (χ2n) is 7.58. The van der Waals surface area contributed by atoms with Gasteiger partial charge in [-0.15, -0.1) is 0 Å². The highest BCUT2D eigenvalue weighted by atomic mass is 35.5. The third-order valence-corrected chi connectivity index (χ3v) is 4.66. The molecule has 1 fully saturated rings. The van der Waals surface area contributed by atoms with Crippen LogP contribution in [0, 0.1) is 0 Å². The third kappa shape index (κ3) is 3.77. The molecular weight excluding hydrogens is 359 g/mol. The first-order valence-electron chi connectivity index (χ1n) is 8.84. The molecule has 8 heteroatoms. The minimum atomic E-state index is -1.22. The first-order valence-corrected chi connectivity index (χ1v) is 9.21. The second kappa shape index (κ2) is 7.02. The topological polar surface area (TPSA) is 60.2 Å². The summed E-state index contributed by atoms with van der Waals surface area (Å²) >= 11 is 5.95. The van der Waals surface area contributed by atoms with Crippen molar-refractivity contribution in [3.8, 4) is 0 Å². The predicted octanol–water partition coefficient (Wildman–Crippen LogP) is 4.17. The molecule has 2 aromatic heterocycles. The summed E-state index contributed by atoms with van der Waals surface area (Å²) in [6, 6.07) is 1.57. The summed E-state index contributed by atoms with van der Waals surface area (Å²) in [4.78, 5) is 22.0. The molecule has 1 aliphatic rings. The lowest BCUT2D eigenvalue weighted by molar-refractivity contribution is 0.00689. The van der Waals surface area contributed by atoms with Crippen molar-refractivity contribution in [3.05, 3.63) is 23.2 Å². The number of piperidine rings is 1. The van der Waals surface area contributed by atoms with Gasteiger partial charge in [-0.1, -0.05) is 6.92 Å². The van der Waals surface area contributed by atoms with Crippen LogP contribution >= 0.6 is 11.6 Å². The average Bonchev–Trinajstić information content (AvgIpc) is 2.90. The second-order valence-corrected chi connectivity index (χ2v) is 7.91. The highest BCUT2D eigenvalue weighted by molar-refractivity contribution is 6.28. The van der Waals surface area contributed by atoms with E-state index in [4.69, 9.17) is 16.3 Å². The van der Waals surface area contributed by atoms with Gasteiger partial charge in [0.25, 0.3) is 0 Å². The normalized spacial score (nSPS) is 21.2. The summed E-state index contributed by atoms with van der Waals surface area (Å²) in [5.41, 5.74) is 1.02. The number of aromatic nitrogens is 3. The summed E-state index contributed by atoms with van der Waals surface area (Å²) in [7, 11) is 0. The van der Waals surface area contributed by atoms with Crippen LogP contribution in [0.2, 0.25) is 5.28 Å². The highest BCUT2D eigenvalue weighted by Gasteiger charge is 2.36. The Hall–Kier alpha value is -1.89. The van der Waals surface area contributed by atoms with Gasteiger partial charge in [-0.2, -0.15) is 4.98 Å². The van der Waals surface area contributed by atoms with Gasteiger partial charge in [-0.25, -0.2) is 14.2 Å². The fourth-order valence-corrected chi connectivity index (χ4v) is 3.49. The fraction of sp³-hybridized carbons (Fsp3) is 0.611. The molecule has 1 aliphatic heterocycles. The molecule has 0 spiro atoms. The molecule has 0 unspecified atom stereocenters. The molecule has 6 nitrogen and oxygen atoms in total. The summed E-state index contributed by atoms with van der Waals surface area (Å²) in [6.45, 7) is 7.85. The van der Waals surface area contributed by atoms with Crippen LogP contribution in [-0.4, -0.2) is 50.4 Å². The fourth-order valence-electron chi connectivity index (χ4n) is 3.36. The van der Waals surface area contributed by atoms with E-state index in [1.54, 1.807) is 27.0 Å². The van der Waals surface area contributed by atoms with Crippen LogP contribution in [0.1, 0.15) is 45.9 Å². The van der Waals surface area contributed by atoms with E-state index in [1.807, 2.05) is 17.6 Å². The number of likely N-dealkylation sites (tertiary alicyclic amines) is 1. The Morgan fingerprint density at radius 1 is 1.46 bits per heavy atom. The molecule has 26 heavy (non-hydrogen) atoms. The van der Waals surface area contributed by atoms with Crippen LogP contribution in [0.5, 0.6) is 0 Å². The zero-order chi connectivity index (χ0) is 19.1. The van der Waals surface area contributed by atoms with E-state index in [0.29, 0.717) is 18.6 Å². The minimum absolute atomic E-state index is 0.00121. The molecule has 2 atom stereocenters. The largest absolute Gasteiger partial charge is 0.444 e. The maximum Gasteiger partial charge on any atom is 0.410 e. The van der Waals surface area contributed by atoms with E-state index < -0.39 is 23.9 Å². The van der Waals surface area contributed by atoms with E-state index in [0.717, 1.165) is 17.5 Å². The Balaban J connectivity index is 1.85. The monoisotopic (exact) mass is 382 g/mol. The van der Waals surface area contributed by atoms with Gasteiger partial charge in [0.15, 0.2) is 0 Å². The van der Waals surface area contributed by atoms with Gasteiger partial charge in [-0.3, -0.25) is 0 Å². The Morgan fingerprint density at radius 2 is 2.19 bits per heavy atom. The van der Waals surface area contributed by atoms with Crippen LogP contribution in [0.15, 0.2) is 12.3 Å². The Morgan fingerprint density at radius 3 is 2.81 bits per heavy atom. The number of nitrogens with zero attached hydrogens (tertiary/aromatic N) is 4. The molecule has 0 aliphatic carbocycles. The van der Waals surface area contributed by atoms with Crippen LogP contribution < -0.4 is 0 Å². The minimum Gasteiger partial charge on any atom is -0.444 e. The SMILES string of the molecule is CCc1cc2cnc(Cl)nc2n1[C@@H]1CCN(C(=O)OC(C)(C)C)C[C@@H]1F. The molecule has 2 aromatic rings. The van der Waals surface area contributed by atoms with Crippen molar-refractivity contribution in [2.75, 3.05) is 13.1 Å². The molecule has 0 radical (unpaired) electrons. The average molecular weight is 383 g/mol. The van der Waals surface area contributed by atoms with Crippen molar-refractivity contribution in [2.24, 2.45) is 0 Å². The van der Waals surface area contributed by atoms with Crippen molar-refractivity contribution in [1.82, 2.24) is 19.4 Å². The lowest BCUT2D eigenvalue weighted by atomic mass is 10.0. The molecule has 0 saturated carbocycles. The number of amides is 1. The summed E-state index contributed by atoms with van der Waals surface area (Å²) in [5.74, 6) is 0. The first-order chi connectivity index (χ1) is 12.2. The molecule has 3 heterocycles. The standard InChI is InChI=1S/C18H24ClFN4O2/c1-5-12-8-11-9-21-16(19)22-15(11)24(12)14-6-7-23(10-13(14)20)17(25)26-18(2,3)4/h8-9,13-14H,5-7,10H2,1-4H3/t13-,14+/m0/s1. The third-order valence-electron chi connectivity index (χ3n) is 4.48. The van der Waals surface area contributed by atoms with E-state index in [1.165, 1.54) is 4.90 Å². The van der Waals surface area contributed by atoms with Gasteiger partial charge in [-0.05, 0) is 51.3 Å². The molecular formula is C18H24ClFN4O2. The van der Waals surface area contributed by atoms with E-state index in [-0.39, 0.29) is 11.8 Å². The summed E-state index contributed by atoms with van der Waals surface area (Å²) in [5, 5.41) is 0.981. The molecule has 0 aromatic carbocycles. The van der Waals surface area contributed by atoms with Crippen LogP contribution in [0.3, 0.4) is 0 Å². The number of fused-ring (bicyclic) bond motifs is 1. The first kappa shape index (κ1) is 18.9. The van der Waals surface area contributed by atoms with Crippen molar-refractivity contribution < 1.29 is 13.9 Å². The quantitative estimate of drug-likeness (QED) is 0.731. The lowest BCUT2D eigenvalue weighted by Crippen LogP contribution is -2.47. The smallest absolute Gasteiger partial charge is 0.410 e. The number of carbonyl (C=O) groups is 1. The Labute approximate surface area is 157 Å². The Bertz CT molecular complexity index is 817. The van der Waals surface area contributed by atoms with E-state index in [9.17, 15) is 4.79 Å². The molecule has 1 amide bonds. The van der Waals surface area contributed by atoms with Gasteiger partial charge in [0, 0.05) is 23.8 Å². The lowest BCUT2D eigenvalue weighted by Gasteiger charge is -2.37. The van der Waals surface area contributed by atoms with Gasteiger partial charge < -0.3 is 14.2 Å². The van der Waals surface area contributed by atoms with Crippen molar-refractivity contribution in [3.63, 3.8) is 0 Å². The number of hydrogen-bond acceptors (Lipinski definition) is 4. The zero-order valence-corrected chi connectivity index (χ0v) is 16.3. The van der Waals surface area contributed by atoms with Crippen molar-refractivity contribution in [1.29, 1.82) is 0 Å². The molecule has 1 saturated heterocycles. The van der Waals surface area contributed by atoms with Crippen LogP contribution in [0.4, 0.5) is 9.18 Å². The maximum atomic E-state index is 15.1. The summed E-state index contributed by atoms with van der Waals surface area (Å²) < 4.78 is 22.3. The van der Waals surface area contributed by atoms with E-state index in [2.05, 4.69) is 9.97 Å². The number of hydrogen-bond donors (Lipinski definition) is 0.